The first-order valence-corrected chi connectivity index (χ1v) is 9.26. The van der Waals surface area contributed by atoms with E-state index in [0.29, 0.717) is 19.3 Å². The average Bonchev–Trinajstić information content (AvgIpc) is 2.61. The molecular formula is C21H28N2O5. The fraction of sp³-hybridized carbons (Fsp3) is 0.476. The fourth-order valence-electron chi connectivity index (χ4n) is 3.01. The molecule has 2 rings (SSSR count). The number of nitrogens with one attached hydrogen (secondary N) is 2. The first-order valence-electron chi connectivity index (χ1n) is 9.26. The molecule has 1 aromatic rings. The van der Waals surface area contributed by atoms with Gasteiger partial charge in [0.25, 0.3) is 0 Å². The van der Waals surface area contributed by atoms with E-state index in [9.17, 15) is 14.4 Å². The predicted molar refractivity (Wildman–Crippen MR) is 106 cm³/mol. The number of fused-ring (bicyclic) bond motifs is 1. The molecule has 7 heteroatoms. The number of hydrogen-bond acceptors (Lipinski definition) is 5. The highest BCUT2D eigenvalue weighted by Gasteiger charge is 2.28. The molecule has 2 N–H and O–H groups in total. The third-order valence-corrected chi connectivity index (χ3v) is 4.28. The maximum atomic E-state index is 12.2. The molecule has 0 aliphatic carbocycles. The molecule has 0 fully saturated rings. The van der Waals surface area contributed by atoms with Gasteiger partial charge in [-0.15, -0.1) is 0 Å². The van der Waals surface area contributed by atoms with Crippen LogP contribution in [0.4, 0.5) is 5.69 Å². The standard InChI is InChI=1S/C21H28N2O5/c1-21(2,3)28-18(22-13-24)7-5-6-14-8-9-15-11-16(12-19(25)27-4)20(26)23-17(15)10-14/h5-6,8-10,13,16,18H,7,11-12H2,1-4H3,(H,22,24)(H,23,26). The molecule has 152 valence electrons. The van der Waals surface area contributed by atoms with Crippen molar-refractivity contribution < 1.29 is 23.9 Å². The number of ether oxygens (including phenoxy) is 2. The summed E-state index contributed by atoms with van der Waals surface area (Å²) < 4.78 is 10.4. The highest BCUT2D eigenvalue weighted by atomic mass is 16.5. The summed E-state index contributed by atoms with van der Waals surface area (Å²) in [5, 5.41) is 5.52. The number of rotatable bonds is 8. The molecule has 0 radical (unpaired) electrons. The molecule has 0 saturated heterocycles. The van der Waals surface area contributed by atoms with E-state index in [-0.39, 0.29) is 23.9 Å². The van der Waals surface area contributed by atoms with Gasteiger partial charge in [-0.2, -0.15) is 0 Å². The van der Waals surface area contributed by atoms with Crippen molar-refractivity contribution >= 4 is 30.0 Å². The van der Waals surface area contributed by atoms with Crippen LogP contribution in [0, 0.1) is 5.92 Å². The van der Waals surface area contributed by atoms with E-state index in [4.69, 9.17) is 4.74 Å². The quantitative estimate of drug-likeness (QED) is 0.406. The molecule has 0 aromatic heterocycles. The van der Waals surface area contributed by atoms with Crippen LogP contribution in [0.5, 0.6) is 0 Å². The molecular weight excluding hydrogens is 360 g/mol. The zero-order valence-corrected chi connectivity index (χ0v) is 16.8. The van der Waals surface area contributed by atoms with Crippen molar-refractivity contribution in [2.24, 2.45) is 5.92 Å². The number of amides is 2. The van der Waals surface area contributed by atoms with Gasteiger partial charge in [0, 0.05) is 12.1 Å². The van der Waals surface area contributed by atoms with Crippen molar-refractivity contribution in [2.45, 2.75) is 51.9 Å². The second-order valence-electron chi connectivity index (χ2n) is 7.73. The van der Waals surface area contributed by atoms with E-state index >= 15 is 0 Å². The SMILES string of the molecule is COC(=O)CC1Cc2ccc(C=CCC(NC=O)OC(C)(C)C)cc2NC1=O. The highest BCUT2D eigenvalue weighted by molar-refractivity contribution is 5.97. The molecule has 1 aromatic carbocycles. The molecule has 2 atom stereocenters. The summed E-state index contributed by atoms with van der Waals surface area (Å²) >= 11 is 0. The maximum Gasteiger partial charge on any atom is 0.306 e. The first-order chi connectivity index (χ1) is 13.2. The van der Waals surface area contributed by atoms with Gasteiger partial charge in [-0.25, -0.2) is 0 Å². The molecule has 0 bridgehead atoms. The van der Waals surface area contributed by atoms with E-state index in [1.807, 2.05) is 51.1 Å². The third-order valence-electron chi connectivity index (χ3n) is 4.28. The van der Waals surface area contributed by atoms with Gasteiger partial charge >= 0.3 is 5.97 Å². The van der Waals surface area contributed by atoms with Crippen LogP contribution < -0.4 is 10.6 Å². The lowest BCUT2D eigenvalue weighted by molar-refractivity contribution is -0.143. The molecule has 1 aliphatic rings. The van der Waals surface area contributed by atoms with Gasteiger partial charge in [0.2, 0.25) is 12.3 Å². The van der Waals surface area contributed by atoms with Crippen molar-refractivity contribution in [3.63, 3.8) is 0 Å². The molecule has 0 saturated carbocycles. The molecule has 2 amide bonds. The topological polar surface area (TPSA) is 93.7 Å². The van der Waals surface area contributed by atoms with Crippen LogP contribution in [-0.4, -0.2) is 37.2 Å². The minimum atomic E-state index is -0.412. The van der Waals surface area contributed by atoms with Crippen molar-refractivity contribution in [2.75, 3.05) is 12.4 Å². The van der Waals surface area contributed by atoms with Gasteiger partial charge in [-0.1, -0.05) is 24.3 Å². The monoisotopic (exact) mass is 388 g/mol. The van der Waals surface area contributed by atoms with Crippen molar-refractivity contribution in [3.8, 4) is 0 Å². The van der Waals surface area contributed by atoms with Crippen molar-refractivity contribution in [3.05, 3.63) is 35.4 Å². The van der Waals surface area contributed by atoms with Crippen molar-refractivity contribution in [1.29, 1.82) is 0 Å². The molecule has 2 unspecified atom stereocenters. The van der Waals surface area contributed by atoms with Crippen LogP contribution in [-0.2, 0) is 30.3 Å². The molecule has 1 heterocycles. The lowest BCUT2D eigenvalue weighted by atomic mass is 9.90. The van der Waals surface area contributed by atoms with Gasteiger partial charge in [0.05, 0.1) is 25.0 Å². The molecule has 0 spiro atoms. The summed E-state index contributed by atoms with van der Waals surface area (Å²) in [6.07, 6.45) is 5.14. The van der Waals surface area contributed by atoms with Gasteiger partial charge in [-0.05, 0) is 44.4 Å². The smallest absolute Gasteiger partial charge is 0.306 e. The number of methoxy groups -OCH3 is 1. The summed E-state index contributed by atoms with van der Waals surface area (Å²) in [5.41, 5.74) is 2.29. The summed E-state index contributed by atoms with van der Waals surface area (Å²) in [5.74, 6) is -0.974. The maximum absolute atomic E-state index is 12.2. The number of hydrogen-bond donors (Lipinski definition) is 2. The Morgan fingerprint density at radius 1 is 1.39 bits per heavy atom. The van der Waals surface area contributed by atoms with Gasteiger partial charge in [0.1, 0.15) is 6.23 Å². The van der Waals surface area contributed by atoms with Gasteiger partial charge in [0.15, 0.2) is 0 Å². The number of esters is 1. The zero-order chi connectivity index (χ0) is 20.7. The van der Waals surface area contributed by atoms with Crippen LogP contribution in [0.3, 0.4) is 0 Å². The second-order valence-corrected chi connectivity index (χ2v) is 7.73. The lowest BCUT2D eigenvalue weighted by Gasteiger charge is -2.26. The summed E-state index contributed by atoms with van der Waals surface area (Å²) in [6, 6.07) is 5.80. The predicted octanol–water partition coefficient (Wildman–Crippen LogP) is 2.65. The van der Waals surface area contributed by atoms with Crippen molar-refractivity contribution in [1.82, 2.24) is 5.32 Å². The Kier molecular flexibility index (Phi) is 7.34. The van der Waals surface area contributed by atoms with Gasteiger partial charge in [-0.3, -0.25) is 14.4 Å². The third kappa shape index (κ3) is 6.49. The Balaban J connectivity index is 2.03. The first kappa shape index (κ1) is 21.6. The Labute approximate surface area is 165 Å². The highest BCUT2D eigenvalue weighted by Crippen LogP contribution is 2.29. The lowest BCUT2D eigenvalue weighted by Crippen LogP contribution is -2.37. The Bertz CT molecular complexity index is 752. The number of carbonyl (C=O) groups excluding carboxylic acids is 3. The number of carbonyl (C=O) groups is 3. The van der Waals surface area contributed by atoms with E-state index in [0.717, 1.165) is 16.8 Å². The Morgan fingerprint density at radius 3 is 2.79 bits per heavy atom. The number of anilines is 1. The summed E-state index contributed by atoms with van der Waals surface area (Å²) in [6.45, 7) is 5.78. The van der Waals surface area contributed by atoms with Gasteiger partial charge < -0.3 is 20.1 Å². The minimum absolute atomic E-state index is 0.0718. The minimum Gasteiger partial charge on any atom is -0.469 e. The normalized spacial score (nSPS) is 17.6. The van der Waals surface area contributed by atoms with Crippen LogP contribution >= 0.6 is 0 Å². The summed E-state index contributed by atoms with van der Waals surface area (Å²) in [7, 11) is 1.32. The van der Waals surface area contributed by atoms with E-state index < -0.39 is 12.1 Å². The van der Waals surface area contributed by atoms with E-state index in [2.05, 4.69) is 15.4 Å². The average molecular weight is 388 g/mol. The van der Waals surface area contributed by atoms with Crippen LogP contribution in [0.25, 0.3) is 6.08 Å². The van der Waals surface area contributed by atoms with E-state index in [1.54, 1.807) is 0 Å². The molecule has 28 heavy (non-hydrogen) atoms. The second kappa shape index (κ2) is 9.50. The molecule has 1 aliphatic heterocycles. The van der Waals surface area contributed by atoms with Crippen LogP contribution in [0.15, 0.2) is 24.3 Å². The Hall–Kier alpha value is -2.67. The number of benzene rings is 1. The summed E-state index contributed by atoms with van der Waals surface area (Å²) in [4.78, 5) is 34.4. The Morgan fingerprint density at radius 2 is 2.14 bits per heavy atom. The zero-order valence-electron chi connectivity index (χ0n) is 16.8. The van der Waals surface area contributed by atoms with Crippen LogP contribution in [0.1, 0.15) is 44.7 Å². The fourth-order valence-corrected chi connectivity index (χ4v) is 3.01. The van der Waals surface area contributed by atoms with Crippen LogP contribution in [0.2, 0.25) is 0 Å². The molecule has 7 nitrogen and oxygen atoms in total. The largest absolute Gasteiger partial charge is 0.469 e. The van der Waals surface area contributed by atoms with E-state index in [1.165, 1.54) is 7.11 Å².